The van der Waals surface area contributed by atoms with E-state index in [0.29, 0.717) is 26.3 Å². The van der Waals surface area contributed by atoms with Gasteiger partial charge in [0.05, 0.1) is 6.61 Å². The molecule has 7 heteroatoms. The van der Waals surface area contributed by atoms with Crippen LogP contribution in [0.15, 0.2) is 49.6 Å². The van der Waals surface area contributed by atoms with Gasteiger partial charge in [-0.15, -0.1) is 0 Å². The summed E-state index contributed by atoms with van der Waals surface area (Å²) in [4.78, 5) is 24.4. The summed E-state index contributed by atoms with van der Waals surface area (Å²) in [6.45, 7) is 14.3. The molecule has 0 heterocycles. The van der Waals surface area contributed by atoms with E-state index in [4.69, 9.17) is 4.74 Å². The molecule has 0 fully saturated rings. The van der Waals surface area contributed by atoms with E-state index in [0.717, 1.165) is 51.0 Å². The van der Waals surface area contributed by atoms with E-state index >= 15 is 0 Å². The van der Waals surface area contributed by atoms with Gasteiger partial charge < -0.3 is 25.6 Å². The Bertz CT molecular complexity index is 661. The van der Waals surface area contributed by atoms with Crippen molar-refractivity contribution in [2.24, 2.45) is 0 Å². The largest absolute Gasteiger partial charge is 0.385 e. The van der Waals surface area contributed by atoms with Gasteiger partial charge in [0.1, 0.15) is 0 Å². The fourth-order valence-corrected chi connectivity index (χ4v) is 2.92. The minimum Gasteiger partial charge on any atom is -0.385 e. The molecular formula is C24H38N4O3. The first-order chi connectivity index (χ1) is 15.1. The number of unbranched alkanes of at least 4 members (excludes halogenated alkanes) is 2. The molecule has 0 atom stereocenters. The van der Waals surface area contributed by atoms with Gasteiger partial charge in [0, 0.05) is 50.7 Å². The van der Waals surface area contributed by atoms with Crippen LogP contribution in [0, 0.1) is 0 Å². The van der Waals surface area contributed by atoms with Crippen LogP contribution in [0.5, 0.6) is 0 Å². The molecule has 0 saturated heterocycles. The summed E-state index contributed by atoms with van der Waals surface area (Å²) in [6.07, 6.45) is 6.31. The number of nitrogens with zero attached hydrogens (tertiary/aromatic N) is 1. The van der Waals surface area contributed by atoms with Crippen LogP contribution >= 0.6 is 0 Å². The first-order valence-electron chi connectivity index (χ1n) is 11.1. The summed E-state index contributed by atoms with van der Waals surface area (Å²) in [7, 11) is 0. The topological polar surface area (TPSA) is 82.7 Å². The molecule has 172 valence electrons. The number of carbonyl (C=O) groups is 2. The molecule has 0 aromatic heterocycles. The van der Waals surface area contributed by atoms with Gasteiger partial charge in [-0.3, -0.25) is 9.59 Å². The Kier molecular flexibility index (Phi) is 14.3. The lowest BCUT2D eigenvalue weighted by Gasteiger charge is -2.23. The number of rotatable bonds is 18. The molecule has 0 aliphatic heterocycles. The zero-order chi connectivity index (χ0) is 22.7. The standard InChI is InChI=1S/C24H38N4O3/c1-4-23(29)26-16-8-7-15-25-21-11-13-22(14-12-21)28(6-3)18-20-31-19-10-9-17-27-24(30)5-2/h4-5,11-14,25H,1-2,6-10,15-20H2,3H3,(H,26,29)(H,27,30). The Labute approximate surface area is 186 Å². The summed E-state index contributed by atoms with van der Waals surface area (Å²) in [5.41, 5.74) is 2.27. The number of benzene rings is 1. The van der Waals surface area contributed by atoms with Crippen molar-refractivity contribution >= 4 is 23.2 Å². The minimum absolute atomic E-state index is 0.122. The molecule has 7 nitrogen and oxygen atoms in total. The molecule has 1 rings (SSSR count). The number of likely N-dealkylation sites (N-methyl/N-ethyl adjacent to an activating group) is 1. The second-order valence-corrected chi connectivity index (χ2v) is 7.07. The predicted octanol–water partition coefficient (Wildman–Crippen LogP) is 3.11. The van der Waals surface area contributed by atoms with Crippen LogP contribution < -0.4 is 20.9 Å². The number of hydrogen-bond acceptors (Lipinski definition) is 5. The van der Waals surface area contributed by atoms with Crippen LogP contribution in [0.3, 0.4) is 0 Å². The molecule has 0 saturated carbocycles. The maximum atomic E-state index is 11.1. The van der Waals surface area contributed by atoms with Crippen LogP contribution in [-0.2, 0) is 14.3 Å². The van der Waals surface area contributed by atoms with Gasteiger partial charge in [0.25, 0.3) is 0 Å². The van der Waals surface area contributed by atoms with E-state index in [1.165, 1.54) is 17.8 Å². The number of amides is 2. The second kappa shape index (κ2) is 16.9. The average molecular weight is 431 g/mol. The smallest absolute Gasteiger partial charge is 0.243 e. The molecule has 31 heavy (non-hydrogen) atoms. The van der Waals surface area contributed by atoms with E-state index in [2.05, 4.69) is 65.2 Å². The molecule has 0 spiro atoms. The maximum absolute atomic E-state index is 11.1. The van der Waals surface area contributed by atoms with E-state index in [9.17, 15) is 9.59 Å². The van der Waals surface area contributed by atoms with Gasteiger partial charge in [-0.25, -0.2) is 0 Å². The summed E-state index contributed by atoms with van der Waals surface area (Å²) >= 11 is 0. The fraction of sp³-hybridized carbons (Fsp3) is 0.500. The molecule has 0 aliphatic rings. The average Bonchev–Trinajstić information content (AvgIpc) is 2.80. The zero-order valence-electron chi connectivity index (χ0n) is 18.8. The lowest BCUT2D eigenvalue weighted by molar-refractivity contribution is -0.117. The number of hydrogen-bond donors (Lipinski definition) is 3. The summed E-state index contributed by atoms with van der Waals surface area (Å²) in [5, 5.41) is 8.95. The van der Waals surface area contributed by atoms with Crippen molar-refractivity contribution in [1.29, 1.82) is 0 Å². The van der Waals surface area contributed by atoms with E-state index in [1.807, 2.05) is 0 Å². The van der Waals surface area contributed by atoms with Gasteiger partial charge in [-0.1, -0.05) is 13.2 Å². The van der Waals surface area contributed by atoms with Gasteiger partial charge in [0.2, 0.25) is 11.8 Å². The monoisotopic (exact) mass is 430 g/mol. The molecule has 0 bridgehead atoms. The van der Waals surface area contributed by atoms with Crippen molar-refractivity contribution in [3.63, 3.8) is 0 Å². The third-order valence-electron chi connectivity index (χ3n) is 4.74. The molecule has 0 unspecified atom stereocenters. The Balaban J connectivity index is 2.18. The third kappa shape index (κ3) is 12.5. The number of anilines is 2. The van der Waals surface area contributed by atoms with E-state index in [-0.39, 0.29) is 11.8 Å². The quantitative estimate of drug-likeness (QED) is 0.246. The van der Waals surface area contributed by atoms with Gasteiger partial charge in [0.15, 0.2) is 0 Å². The predicted molar refractivity (Wildman–Crippen MR) is 129 cm³/mol. The number of nitrogens with one attached hydrogen (secondary N) is 3. The fourth-order valence-electron chi connectivity index (χ4n) is 2.92. The molecule has 0 radical (unpaired) electrons. The van der Waals surface area contributed by atoms with Gasteiger partial charge in [-0.05, 0) is 69.0 Å². The van der Waals surface area contributed by atoms with Crippen molar-refractivity contribution < 1.29 is 14.3 Å². The number of carbonyl (C=O) groups excluding carboxylic acids is 2. The van der Waals surface area contributed by atoms with Crippen LogP contribution in [0.1, 0.15) is 32.6 Å². The van der Waals surface area contributed by atoms with Crippen LogP contribution in [0.2, 0.25) is 0 Å². The normalized spacial score (nSPS) is 10.2. The van der Waals surface area contributed by atoms with Crippen molar-refractivity contribution in [2.75, 3.05) is 56.2 Å². The maximum Gasteiger partial charge on any atom is 0.243 e. The summed E-state index contributed by atoms with van der Waals surface area (Å²) < 4.78 is 5.73. The molecule has 2 amide bonds. The van der Waals surface area contributed by atoms with Gasteiger partial charge in [-0.2, -0.15) is 0 Å². The molecule has 3 N–H and O–H groups in total. The van der Waals surface area contributed by atoms with Crippen LogP contribution in [0.25, 0.3) is 0 Å². The van der Waals surface area contributed by atoms with Crippen molar-refractivity contribution in [3.05, 3.63) is 49.6 Å². The zero-order valence-corrected chi connectivity index (χ0v) is 18.8. The SMILES string of the molecule is C=CC(=O)NCCCCNc1ccc(N(CC)CCOCCCCNC(=O)C=C)cc1. The van der Waals surface area contributed by atoms with E-state index < -0.39 is 0 Å². The highest BCUT2D eigenvalue weighted by Crippen LogP contribution is 2.17. The molecular weight excluding hydrogens is 392 g/mol. The van der Waals surface area contributed by atoms with Crippen molar-refractivity contribution in [1.82, 2.24) is 10.6 Å². The Morgan fingerprint density at radius 3 is 2.06 bits per heavy atom. The minimum atomic E-state index is -0.130. The highest BCUT2D eigenvalue weighted by molar-refractivity contribution is 5.87. The van der Waals surface area contributed by atoms with E-state index in [1.54, 1.807) is 0 Å². The lowest BCUT2D eigenvalue weighted by Crippen LogP contribution is -2.27. The Morgan fingerprint density at radius 2 is 1.48 bits per heavy atom. The highest BCUT2D eigenvalue weighted by atomic mass is 16.5. The summed E-state index contributed by atoms with van der Waals surface area (Å²) in [6, 6.07) is 8.43. The Hall–Kier alpha value is -2.80. The van der Waals surface area contributed by atoms with Crippen LogP contribution in [0.4, 0.5) is 11.4 Å². The van der Waals surface area contributed by atoms with Crippen LogP contribution in [-0.4, -0.2) is 57.8 Å². The second-order valence-electron chi connectivity index (χ2n) is 7.07. The van der Waals surface area contributed by atoms with Crippen molar-refractivity contribution in [3.8, 4) is 0 Å². The third-order valence-corrected chi connectivity index (χ3v) is 4.74. The number of ether oxygens (including phenoxy) is 1. The summed E-state index contributed by atoms with van der Waals surface area (Å²) in [5.74, 6) is -0.251. The highest BCUT2D eigenvalue weighted by Gasteiger charge is 2.04. The molecule has 1 aromatic carbocycles. The van der Waals surface area contributed by atoms with Crippen molar-refractivity contribution in [2.45, 2.75) is 32.6 Å². The lowest BCUT2D eigenvalue weighted by atomic mass is 10.2. The molecule has 0 aliphatic carbocycles. The molecule has 1 aromatic rings. The first kappa shape index (κ1) is 26.2. The Morgan fingerprint density at radius 1 is 0.903 bits per heavy atom. The first-order valence-corrected chi connectivity index (χ1v) is 11.1. The van der Waals surface area contributed by atoms with Gasteiger partial charge >= 0.3 is 0 Å².